The Labute approximate surface area is 227 Å². The zero-order chi connectivity index (χ0) is 26.3. The second-order valence-electron chi connectivity index (χ2n) is 10.2. The molecule has 0 fully saturated rings. The Morgan fingerprint density at radius 3 is 1.67 bits per heavy atom. The van der Waals surface area contributed by atoms with Crippen molar-refractivity contribution in [3.63, 3.8) is 0 Å². The van der Waals surface area contributed by atoms with Crippen LogP contribution in [0.5, 0.6) is 11.5 Å². The number of benzene rings is 3. The van der Waals surface area contributed by atoms with E-state index in [1.165, 1.54) is 38.9 Å². The van der Waals surface area contributed by atoms with Crippen molar-refractivity contribution in [1.29, 1.82) is 0 Å². The van der Waals surface area contributed by atoms with E-state index in [9.17, 15) is 0 Å². The van der Waals surface area contributed by atoms with Crippen molar-refractivity contribution in [3.8, 4) is 11.5 Å². The molecule has 3 aromatic carbocycles. The van der Waals surface area contributed by atoms with E-state index >= 15 is 0 Å². The fraction of sp³-hybridized carbons (Fsp3) is 0.212. The van der Waals surface area contributed by atoms with Crippen molar-refractivity contribution < 1.29 is 9.47 Å². The van der Waals surface area contributed by atoms with E-state index in [1.807, 2.05) is 12.1 Å². The third-order valence-corrected chi connectivity index (χ3v) is 8.02. The molecule has 0 saturated carbocycles. The molecule has 0 radical (unpaired) electrons. The molecule has 196 valence electrons. The van der Waals surface area contributed by atoms with E-state index in [2.05, 4.69) is 87.4 Å². The molecule has 0 aliphatic carbocycles. The minimum Gasteiger partial charge on any atom is -0.497 e. The van der Waals surface area contributed by atoms with Crippen LogP contribution in [0.2, 0.25) is 0 Å². The predicted octanol–water partition coefficient (Wildman–Crippen LogP) is 6.12. The van der Waals surface area contributed by atoms with Gasteiger partial charge in [0.2, 0.25) is 0 Å². The lowest BCUT2D eigenvalue weighted by Crippen LogP contribution is -2.24. The number of aromatic amines is 2. The fourth-order valence-electron chi connectivity index (χ4n) is 6.08. The Morgan fingerprint density at radius 2 is 1.18 bits per heavy atom. The molecule has 6 nitrogen and oxygen atoms in total. The molecule has 7 rings (SSSR count). The lowest BCUT2D eigenvalue weighted by Gasteiger charge is -2.23. The molecule has 39 heavy (non-hydrogen) atoms. The first-order valence-electron chi connectivity index (χ1n) is 13.6. The van der Waals surface area contributed by atoms with Crippen molar-refractivity contribution in [2.45, 2.75) is 18.8 Å². The number of fused-ring (bicyclic) bond motifs is 6. The van der Waals surface area contributed by atoms with Crippen molar-refractivity contribution in [3.05, 3.63) is 107 Å². The topological polar surface area (TPSA) is 74.1 Å². The van der Waals surface area contributed by atoms with Crippen molar-refractivity contribution in [2.75, 3.05) is 27.3 Å². The van der Waals surface area contributed by atoms with Crippen LogP contribution in [0.4, 0.5) is 0 Å². The number of allylic oxidation sites excluding steroid dienone is 2. The fourth-order valence-corrected chi connectivity index (χ4v) is 6.08. The summed E-state index contributed by atoms with van der Waals surface area (Å²) in [5, 5.41) is 9.89. The monoisotopic (exact) mass is 516 g/mol. The van der Waals surface area contributed by atoms with E-state index < -0.39 is 0 Å². The molecule has 0 atom stereocenters. The van der Waals surface area contributed by atoms with Gasteiger partial charge in [0.05, 0.1) is 37.0 Å². The lowest BCUT2D eigenvalue weighted by atomic mass is 9.92. The van der Waals surface area contributed by atoms with Gasteiger partial charge in [-0.05, 0) is 65.9 Å². The van der Waals surface area contributed by atoms with Crippen LogP contribution in [-0.4, -0.2) is 37.3 Å². The normalized spacial score (nSPS) is 17.5. The minimum absolute atomic E-state index is 0.0648. The number of ether oxygens (including phenoxy) is 2. The molecule has 0 amide bonds. The van der Waals surface area contributed by atoms with Gasteiger partial charge in [-0.3, -0.25) is 0 Å². The van der Waals surface area contributed by atoms with Crippen molar-refractivity contribution in [1.82, 2.24) is 20.6 Å². The van der Waals surface area contributed by atoms with Crippen LogP contribution in [0.3, 0.4) is 0 Å². The van der Waals surface area contributed by atoms with Gasteiger partial charge in [0.15, 0.2) is 0 Å². The van der Waals surface area contributed by atoms with Gasteiger partial charge in [0.25, 0.3) is 0 Å². The zero-order valence-electron chi connectivity index (χ0n) is 22.2. The zero-order valence-corrected chi connectivity index (χ0v) is 22.2. The van der Waals surface area contributed by atoms with E-state index in [0.29, 0.717) is 0 Å². The number of hydrogen-bond donors (Lipinski definition) is 4. The first-order valence-corrected chi connectivity index (χ1v) is 13.6. The molecule has 0 unspecified atom stereocenters. The molecule has 0 spiro atoms. The Hall–Kier alpha value is -4.58. The summed E-state index contributed by atoms with van der Waals surface area (Å²) in [7, 11) is 3.42. The Bertz CT molecular complexity index is 1630. The SMILES string of the molecule is COc1ccc2c3c([nH]c2c1)/C(=C/C(/C=C1\NCCc2c1[nH]c1cc(OC)ccc21)c1ccccc1)NCC3. The smallest absolute Gasteiger partial charge is 0.120 e. The summed E-state index contributed by atoms with van der Waals surface area (Å²) in [5.74, 6) is 1.79. The van der Waals surface area contributed by atoms with Gasteiger partial charge < -0.3 is 30.1 Å². The first kappa shape index (κ1) is 23.5. The highest BCUT2D eigenvalue weighted by Gasteiger charge is 2.23. The highest BCUT2D eigenvalue weighted by Crippen LogP contribution is 2.36. The molecule has 2 aliphatic rings. The second kappa shape index (κ2) is 9.62. The van der Waals surface area contributed by atoms with Crippen molar-refractivity contribution >= 4 is 33.2 Å². The molecule has 0 bridgehead atoms. The average molecular weight is 517 g/mol. The Morgan fingerprint density at radius 1 is 0.667 bits per heavy atom. The molecular formula is C33H32N4O2. The van der Waals surface area contributed by atoms with E-state index in [-0.39, 0.29) is 5.92 Å². The Kier molecular flexibility index (Phi) is 5.81. The van der Waals surface area contributed by atoms with Gasteiger partial charge >= 0.3 is 0 Å². The summed E-state index contributed by atoms with van der Waals surface area (Å²) in [6, 6.07) is 23.3. The van der Waals surface area contributed by atoms with Gasteiger partial charge in [-0.25, -0.2) is 0 Å². The van der Waals surface area contributed by atoms with Crippen LogP contribution >= 0.6 is 0 Å². The summed E-state index contributed by atoms with van der Waals surface area (Å²) in [4.78, 5) is 7.36. The van der Waals surface area contributed by atoms with Crippen molar-refractivity contribution in [2.24, 2.45) is 0 Å². The van der Waals surface area contributed by atoms with Gasteiger partial charge in [-0.2, -0.15) is 0 Å². The van der Waals surface area contributed by atoms with Crippen LogP contribution in [-0.2, 0) is 12.8 Å². The first-order chi connectivity index (χ1) is 19.2. The number of H-pyrrole nitrogens is 2. The molecule has 4 N–H and O–H groups in total. The van der Waals surface area contributed by atoms with Crippen LogP contribution < -0.4 is 20.1 Å². The molecule has 4 heterocycles. The van der Waals surface area contributed by atoms with E-state index in [0.717, 1.165) is 59.9 Å². The van der Waals surface area contributed by atoms with Crippen LogP contribution in [0.25, 0.3) is 33.2 Å². The van der Waals surface area contributed by atoms with Crippen LogP contribution in [0, 0.1) is 0 Å². The molecular weight excluding hydrogens is 484 g/mol. The van der Waals surface area contributed by atoms with Gasteiger partial charge in [-0.15, -0.1) is 0 Å². The number of hydrogen-bond acceptors (Lipinski definition) is 4. The number of nitrogens with one attached hydrogen (secondary N) is 4. The maximum atomic E-state index is 5.48. The van der Waals surface area contributed by atoms with E-state index in [4.69, 9.17) is 9.47 Å². The Balaban J connectivity index is 1.35. The molecule has 5 aromatic rings. The standard InChI is InChI=1S/C33H32N4O2/c1-38-22-8-10-24-26-12-14-34-30(32(26)36-28(24)18-22)16-21(20-6-4-3-5-7-20)17-31-33-27(13-15-35-31)25-11-9-23(39-2)19-29(25)37-33/h3-11,16-19,21,34-37H,12-15H2,1-2H3/b30-16-,31-17-. The summed E-state index contributed by atoms with van der Waals surface area (Å²) in [5.41, 5.74) is 10.8. The summed E-state index contributed by atoms with van der Waals surface area (Å²) >= 11 is 0. The molecule has 2 aromatic heterocycles. The van der Waals surface area contributed by atoms with Gasteiger partial charge in [0.1, 0.15) is 11.5 Å². The molecule has 2 aliphatic heterocycles. The van der Waals surface area contributed by atoms with Crippen LogP contribution in [0.1, 0.15) is 34.0 Å². The number of rotatable bonds is 5. The summed E-state index contributed by atoms with van der Waals surface area (Å²) in [6.45, 7) is 1.81. The highest BCUT2D eigenvalue weighted by atomic mass is 16.5. The average Bonchev–Trinajstić information content (AvgIpc) is 3.55. The lowest BCUT2D eigenvalue weighted by molar-refractivity contribution is 0.415. The summed E-state index contributed by atoms with van der Waals surface area (Å²) in [6.07, 6.45) is 6.68. The molecule has 0 saturated heterocycles. The third-order valence-electron chi connectivity index (χ3n) is 8.02. The number of methoxy groups -OCH3 is 2. The largest absolute Gasteiger partial charge is 0.497 e. The molecule has 6 heteroatoms. The van der Waals surface area contributed by atoms with Crippen LogP contribution in [0.15, 0.2) is 78.9 Å². The minimum atomic E-state index is 0.0648. The van der Waals surface area contributed by atoms with E-state index in [1.54, 1.807) is 14.2 Å². The third kappa shape index (κ3) is 4.13. The number of aromatic nitrogens is 2. The summed E-state index contributed by atoms with van der Waals surface area (Å²) < 4.78 is 11.0. The predicted molar refractivity (Wildman–Crippen MR) is 158 cm³/mol. The second-order valence-corrected chi connectivity index (χ2v) is 10.2. The maximum absolute atomic E-state index is 5.48. The van der Waals surface area contributed by atoms with Gasteiger partial charge in [-0.1, -0.05) is 30.3 Å². The van der Waals surface area contributed by atoms with Gasteiger partial charge in [0, 0.05) is 52.9 Å². The maximum Gasteiger partial charge on any atom is 0.120 e. The highest BCUT2D eigenvalue weighted by molar-refractivity contribution is 5.92. The quantitative estimate of drug-likeness (QED) is 0.227.